The van der Waals surface area contributed by atoms with Gasteiger partial charge in [0.05, 0.1) is 12.7 Å². The molecule has 0 bridgehead atoms. The van der Waals surface area contributed by atoms with Gasteiger partial charge in [-0.3, -0.25) is 9.69 Å². The highest BCUT2D eigenvalue weighted by atomic mass is 16.5. The summed E-state index contributed by atoms with van der Waals surface area (Å²) in [6.07, 6.45) is 0.468. The summed E-state index contributed by atoms with van der Waals surface area (Å²) in [5.74, 6) is -0.768. The molecule has 1 fully saturated rings. The van der Waals surface area contributed by atoms with Crippen LogP contribution >= 0.6 is 0 Å². The predicted molar refractivity (Wildman–Crippen MR) is 48.7 cm³/mol. The fourth-order valence-corrected chi connectivity index (χ4v) is 1.44. The molecule has 1 heterocycles. The van der Waals surface area contributed by atoms with Gasteiger partial charge in [-0.1, -0.05) is 0 Å². The molecule has 0 aromatic rings. The number of hydrogen-bond donors (Lipinski definition) is 1. The maximum atomic E-state index is 10.3. The van der Waals surface area contributed by atoms with E-state index in [9.17, 15) is 4.79 Å². The van der Waals surface area contributed by atoms with Crippen LogP contribution in [0, 0.1) is 11.3 Å². The summed E-state index contributed by atoms with van der Waals surface area (Å²) in [6, 6.07) is 2.05. The Morgan fingerprint density at radius 2 is 2.50 bits per heavy atom. The van der Waals surface area contributed by atoms with Crippen molar-refractivity contribution in [3.63, 3.8) is 0 Å². The quantitative estimate of drug-likeness (QED) is 0.692. The zero-order valence-electron chi connectivity index (χ0n) is 7.98. The van der Waals surface area contributed by atoms with Gasteiger partial charge in [0, 0.05) is 19.5 Å². The minimum Gasteiger partial charge on any atom is -0.481 e. The van der Waals surface area contributed by atoms with Crippen molar-refractivity contribution in [2.45, 2.75) is 18.9 Å². The zero-order chi connectivity index (χ0) is 10.4. The fraction of sp³-hybridized carbons (Fsp3) is 0.778. The molecule has 0 spiro atoms. The van der Waals surface area contributed by atoms with Gasteiger partial charge in [-0.2, -0.15) is 5.26 Å². The second kappa shape index (κ2) is 5.58. The Morgan fingerprint density at radius 3 is 3.14 bits per heavy atom. The highest BCUT2D eigenvalue weighted by molar-refractivity contribution is 5.66. The first-order valence-electron chi connectivity index (χ1n) is 4.67. The monoisotopic (exact) mass is 198 g/mol. The Labute approximate surface area is 82.9 Å². The summed E-state index contributed by atoms with van der Waals surface area (Å²) in [5, 5.41) is 17.1. The first-order valence-corrected chi connectivity index (χ1v) is 4.67. The maximum Gasteiger partial charge on any atom is 0.303 e. The van der Waals surface area contributed by atoms with E-state index in [2.05, 4.69) is 11.0 Å². The molecule has 1 N–H and O–H groups in total. The largest absolute Gasteiger partial charge is 0.481 e. The Hall–Kier alpha value is -1.12. The zero-order valence-corrected chi connectivity index (χ0v) is 7.98. The summed E-state index contributed by atoms with van der Waals surface area (Å²) in [5.41, 5.74) is 0. The molecule has 1 saturated heterocycles. The van der Waals surface area contributed by atoms with E-state index in [1.807, 2.05) is 0 Å². The lowest BCUT2D eigenvalue weighted by Gasteiger charge is -2.29. The minimum absolute atomic E-state index is 0.189. The second-order valence-electron chi connectivity index (χ2n) is 3.29. The SMILES string of the molecule is N#CC1CN(CCCC(=O)O)CCO1. The number of nitrogens with zero attached hydrogens (tertiary/aromatic N) is 2. The third kappa shape index (κ3) is 3.73. The fourth-order valence-electron chi connectivity index (χ4n) is 1.44. The molecule has 1 unspecified atom stereocenters. The van der Waals surface area contributed by atoms with Gasteiger partial charge in [0.15, 0.2) is 6.10 Å². The standard InChI is InChI=1S/C9H14N2O3/c10-6-8-7-11(4-5-14-8)3-1-2-9(12)13/h8H,1-5,7H2,(H,12,13). The molecule has 0 aromatic carbocycles. The number of ether oxygens (including phenoxy) is 1. The smallest absolute Gasteiger partial charge is 0.303 e. The molecule has 1 rings (SSSR count). The second-order valence-corrected chi connectivity index (χ2v) is 3.29. The van der Waals surface area contributed by atoms with Gasteiger partial charge in [-0.25, -0.2) is 0 Å². The topological polar surface area (TPSA) is 73.6 Å². The van der Waals surface area contributed by atoms with Crippen molar-refractivity contribution in [3.05, 3.63) is 0 Å². The third-order valence-corrected chi connectivity index (χ3v) is 2.16. The van der Waals surface area contributed by atoms with Crippen LogP contribution in [0.4, 0.5) is 0 Å². The van der Waals surface area contributed by atoms with Crippen LogP contribution in [-0.4, -0.2) is 48.3 Å². The molecule has 0 aromatic heterocycles. The van der Waals surface area contributed by atoms with E-state index in [0.29, 0.717) is 19.6 Å². The molecule has 0 amide bonds. The van der Waals surface area contributed by atoms with Crippen LogP contribution in [0.5, 0.6) is 0 Å². The minimum atomic E-state index is -0.768. The predicted octanol–water partition coefficient (Wildman–Crippen LogP) is 0.0756. The number of aliphatic carboxylic acids is 1. The first-order chi connectivity index (χ1) is 6.72. The Morgan fingerprint density at radius 1 is 1.71 bits per heavy atom. The van der Waals surface area contributed by atoms with Gasteiger partial charge in [0.25, 0.3) is 0 Å². The average molecular weight is 198 g/mol. The summed E-state index contributed by atoms with van der Waals surface area (Å²) in [4.78, 5) is 12.3. The normalized spacial score (nSPS) is 22.9. The lowest BCUT2D eigenvalue weighted by atomic mass is 10.2. The molecule has 1 aliphatic heterocycles. The molecule has 78 valence electrons. The van der Waals surface area contributed by atoms with Crippen molar-refractivity contribution in [1.29, 1.82) is 5.26 Å². The van der Waals surface area contributed by atoms with Crippen molar-refractivity contribution < 1.29 is 14.6 Å². The van der Waals surface area contributed by atoms with E-state index in [4.69, 9.17) is 15.1 Å². The van der Waals surface area contributed by atoms with Crippen LogP contribution in [0.3, 0.4) is 0 Å². The highest BCUT2D eigenvalue weighted by Crippen LogP contribution is 2.05. The maximum absolute atomic E-state index is 10.3. The van der Waals surface area contributed by atoms with E-state index in [-0.39, 0.29) is 12.5 Å². The summed E-state index contributed by atoms with van der Waals surface area (Å²) in [6.45, 7) is 2.67. The highest BCUT2D eigenvalue weighted by Gasteiger charge is 2.19. The Bertz CT molecular complexity index is 237. The van der Waals surface area contributed by atoms with Gasteiger partial charge in [0.1, 0.15) is 0 Å². The number of rotatable bonds is 4. The lowest BCUT2D eigenvalue weighted by Crippen LogP contribution is -2.42. The van der Waals surface area contributed by atoms with Gasteiger partial charge in [-0.15, -0.1) is 0 Å². The van der Waals surface area contributed by atoms with Crippen LogP contribution < -0.4 is 0 Å². The number of nitriles is 1. The summed E-state index contributed by atoms with van der Waals surface area (Å²) in [7, 11) is 0. The van der Waals surface area contributed by atoms with Gasteiger partial charge < -0.3 is 9.84 Å². The number of carboxylic acids is 1. The lowest BCUT2D eigenvalue weighted by molar-refractivity contribution is -0.137. The summed E-state index contributed by atoms with van der Waals surface area (Å²) < 4.78 is 5.17. The molecule has 0 saturated carbocycles. The number of hydrogen-bond acceptors (Lipinski definition) is 4. The average Bonchev–Trinajstić information content (AvgIpc) is 2.18. The molecule has 14 heavy (non-hydrogen) atoms. The van der Waals surface area contributed by atoms with Gasteiger partial charge >= 0.3 is 5.97 Å². The molecular weight excluding hydrogens is 184 g/mol. The van der Waals surface area contributed by atoms with Crippen LogP contribution in [-0.2, 0) is 9.53 Å². The molecule has 1 atom stereocenters. The number of morpholine rings is 1. The summed E-state index contributed by atoms with van der Waals surface area (Å²) >= 11 is 0. The van der Waals surface area contributed by atoms with E-state index in [0.717, 1.165) is 13.1 Å². The molecule has 5 heteroatoms. The van der Waals surface area contributed by atoms with Crippen molar-refractivity contribution in [1.82, 2.24) is 4.90 Å². The molecule has 1 aliphatic rings. The third-order valence-electron chi connectivity index (χ3n) is 2.16. The van der Waals surface area contributed by atoms with E-state index in [1.54, 1.807) is 0 Å². The number of carboxylic acid groups (broad SMARTS) is 1. The molecule has 0 radical (unpaired) electrons. The van der Waals surface area contributed by atoms with Gasteiger partial charge in [0.2, 0.25) is 0 Å². The first kappa shape index (κ1) is 11.0. The van der Waals surface area contributed by atoms with E-state index < -0.39 is 5.97 Å². The van der Waals surface area contributed by atoms with Crippen molar-refractivity contribution in [2.24, 2.45) is 0 Å². The Kier molecular flexibility index (Phi) is 4.36. The van der Waals surface area contributed by atoms with Crippen molar-refractivity contribution in [3.8, 4) is 6.07 Å². The molecular formula is C9H14N2O3. The molecule has 5 nitrogen and oxygen atoms in total. The van der Waals surface area contributed by atoms with Crippen LogP contribution in [0.15, 0.2) is 0 Å². The van der Waals surface area contributed by atoms with E-state index >= 15 is 0 Å². The van der Waals surface area contributed by atoms with Crippen molar-refractivity contribution >= 4 is 5.97 Å². The van der Waals surface area contributed by atoms with Gasteiger partial charge in [-0.05, 0) is 13.0 Å². The van der Waals surface area contributed by atoms with E-state index in [1.165, 1.54) is 0 Å². The Balaban J connectivity index is 2.18. The van der Waals surface area contributed by atoms with Crippen molar-refractivity contribution in [2.75, 3.05) is 26.2 Å². The van der Waals surface area contributed by atoms with Crippen LogP contribution in [0.25, 0.3) is 0 Å². The molecule has 0 aliphatic carbocycles. The number of carbonyl (C=O) groups is 1. The van der Waals surface area contributed by atoms with Crippen LogP contribution in [0.2, 0.25) is 0 Å². The van der Waals surface area contributed by atoms with Crippen LogP contribution in [0.1, 0.15) is 12.8 Å².